The monoisotopic (exact) mass is 202 g/mol. The highest BCUT2D eigenvalue weighted by molar-refractivity contribution is 7.98. The second-order valence-corrected chi connectivity index (χ2v) is 4.86. The maximum Gasteiger partial charge on any atom is 0.00514 e. The van der Waals surface area contributed by atoms with Crippen molar-refractivity contribution in [2.24, 2.45) is 5.73 Å². The molecule has 0 aromatic rings. The molecule has 0 aromatic heterocycles. The predicted octanol–water partition coefficient (Wildman–Crippen LogP) is 1.55. The van der Waals surface area contributed by atoms with Crippen molar-refractivity contribution in [3.63, 3.8) is 0 Å². The third-order valence-corrected chi connectivity index (χ3v) is 3.39. The van der Waals surface area contributed by atoms with Gasteiger partial charge >= 0.3 is 0 Å². The van der Waals surface area contributed by atoms with Crippen molar-refractivity contribution < 1.29 is 0 Å². The maximum absolute atomic E-state index is 5.92. The van der Waals surface area contributed by atoms with Crippen LogP contribution < -0.4 is 5.73 Å². The van der Waals surface area contributed by atoms with Crippen LogP contribution in [0.5, 0.6) is 0 Å². The molecule has 0 radical (unpaired) electrons. The molecule has 1 heterocycles. The Morgan fingerprint density at radius 2 is 2.23 bits per heavy atom. The Balaban J connectivity index is 2.11. The zero-order chi connectivity index (χ0) is 9.52. The fraction of sp³-hybridized carbons (Fsp3) is 1.00. The zero-order valence-corrected chi connectivity index (χ0v) is 9.48. The van der Waals surface area contributed by atoms with E-state index in [1.807, 2.05) is 11.8 Å². The molecule has 1 atom stereocenters. The fourth-order valence-electron chi connectivity index (χ4n) is 1.84. The molecular weight excluding hydrogens is 180 g/mol. The van der Waals surface area contributed by atoms with E-state index in [1.54, 1.807) is 0 Å². The lowest BCUT2D eigenvalue weighted by atomic mass is 10.1. The molecule has 0 aliphatic carbocycles. The van der Waals surface area contributed by atoms with Crippen molar-refractivity contribution in [3.05, 3.63) is 0 Å². The first-order valence-corrected chi connectivity index (χ1v) is 6.69. The first-order chi connectivity index (χ1) is 6.33. The van der Waals surface area contributed by atoms with E-state index in [4.69, 9.17) is 5.73 Å². The molecular formula is C10H22N2S. The molecule has 1 rings (SSSR count). The van der Waals surface area contributed by atoms with Crippen molar-refractivity contribution in [3.8, 4) is 0 Å². The van der Waals surface area contributed by atoms with E-state index in [0.29, 0.717) is 6.04 Å². The summed E-state index contributed by atoms with van der Waals surface area (Å²) in [5, 5.41) is 0. The van der Waals surface area contributed by atoms with Gasteiger partial charge in [-0.05, 0) is 57.3 Å². The normalized spacial score (nSPS) is 25.8. The lowest BCUT2D eigenvalue weighted by molar-refractivity contribution is 0.285. The van der Waals surface area contributed by atoms with E-state index >= 15 is 0 Å². The lowest BCUT2D eigenvalue weighted by Gasteiger charge is -2.19. The van der Waals surface area contributed by atoms with Crippen LogP contribution in [0.3, 0.4) is 0 Å². The van der Waals surface area contributed by atoms with Crippen LogP contribution in [0.4, 0.5) is 0 Å². The summed E-state index contributed by atoms with van der Waals surface area (Å²) in [7, 11) is 0. The minimum atomic E-state index is 0.463. The number of hydrogen-bond donors (Lipinski definition) is 1. The molecule has 0 saturated carbocycles. The van der Waals surface area contributed by atoms with Crippen molar-refractivity contribution >= 4 is 11.8 Å². The van der Waals surface area contributed by atoms with Gasteiger partial charge in [-0.2, -0.15) is 11.8 Å². The topological polar surface area (TPSA) is 29.3 Å². The zero-order valence-electron chi connectivity index (χ0n) is 8.67. The number of nitrogens with two attached hydrogens (primary N) is 1. The number of rotatable bonds is 4. The summed E-state index contributed by atoms with van der Waals surface area (Å²) >= 11 is 1.94. The van der Waals surface area contributed by atoms with Crippen molar-refractivity contribution in [2.75, 3.05) is 31.6 Å². The Hall–Kier alpha value is 0.270. The van der Waals surface area contributed by atoms with Gasteiger partial charge in [0.25, 0.3) is 0 Å². The molecule has 2 nitrogen and oxygen atoms in total. The van der Waals surface area contributed by atoms with Crippen LogP contribution >= 0.6 is 11.8 Å². The number of thioether (sulfide) groups is 1. The highest BCUT2D eigenvalue weighted by Crippen LogP contribution is 2.09. The number of nitrogens with zero attached hydrogens (tertiary/aromatic N) is 1. The van der Waals surface area contributed by atoms with Crippen molar-refractivity contribution in [1.82, 2.24) is 4.90 Å². The molecule has 78 valence electrons. The molecule has 0 spiro atoms. The second kappa shape index (κ2) is 6.68. The fourth-order valence-corrected chi connectivity index (χ4v) is 2.26. The number of likely N-dealkylation sites (tertiary alicyclic amines) is 1. The average molecular weight is 202 g/mol. The molecule has 13 heavy (non-hydrogen) atoms. The van der Waals surface area contributed by atoms with E-state index in [0.717, 1.165) is 0 Å². The number of hydrogen-bond acceptors (Lipinski definition) is 3. The summed E-state index contributed by atoms with van der Waals surface area (Å²) in [5.74, 6) is 1.29. The van der Waals surface area contributed by atoms with Gasteiger partial charge in [0.05, 0.1) is 0 Å². The van der Waals surface area contributed by atoms with Crippen LogP contribution in [-0.4, -0.2) is 42.6 Å². The smallest absolute Gasteiger partial charge is 0.00514 e. The van der Waals surface area contributed by atoms with Crippen molar-refractivity contribution in [2.45, 2.75) is 31.7 Å². The summed E-state index contributed by atoms with van der Waals surface area (Å²) in [6, 6.07) is 0.463. The Morgan fingerprint density at radius 3 is 3.00 bits per heavy atom. The quantitative estimate of drug-likeness (QED) is 0.701. The average Bonchev–Trinajstić information content (AvgIpc) is 2.32. The molecule has 1 saturated heterocycles. The molecule has 3 heteroatoms. The summed E-state index contributed by atoms with van der Waals surface area (Å²) in [5.41, 5.74) is 5.92. The summed E-state index contributed by atoms with van der Waals surface area (Å²) in [6.45, 7) is 3.76. The highest BCUT2D eigenvalue weighted by Gasteiger charge is 2.12. The predicted molar refractivity (Wildman–Crippen MR) is 61.3 cm³/mol. The van der Waals surface area contributed by atoms with E-state index in [2.05, 4.69) is 11.2 Å². The van der Waals surface area contributed by atoms with Gasteiger partial charge in [0, 0.05) is 6.04 Å². The van der Waals surface area contributed by atoms with E-state index < -0.39 is 0 Å². The lowest BCUT2D eigenvalue weighted by Crippen LogP contribution is -2.27. The first kappa shape index (κ1) is 11.3. The van der Waals surface area contributed by atoms with Gasteiger partial charge in [0.2, 0.25) is 0 Å². The van der Waals surface area contributed by atoms with Gasteiger partial charge in [0.15, 0.2) is 0 Å². The van der Waals surface area contributed by atoms with Crippen LogP contribution in [0.15, 0.2) is 0 Å². The van der Waals surface area contributed by atoms with Crippen LogP contribution in [0.25, 0.3) is 0 Å². The molecule has 1 fully saturated rings. The van der Waals surface area contributed by atoms with Gasteiger partial charge < -0.3 is 10.6 Å². The van der Waals surface area contributed by atoms with E-state index in [1.165, 1.54) is 51.1 Å². The van der Waals surface area contributed by atoms with E-state index in [9.17, 15) is 0 Å². The van der Waals surface area contributed by atoms with Crippen LogP contribution in [0, 0.1) is 0 Å². The largest absolute Gasteiger partial charge is 0.328 e. The molecule has 0 aromatic carbocycles. The Labute approximate surface area is 86.2 Å². The summed E-state index contributed by atoms with van der Waals surface area (Å²) < 4.78 is 0. The molecule has 0 amide bonds. The molecule has 1 unspecified atom stereocenters. The minimum absolute atomic E-state index is 0.463. The molecule has 1 aliphatic heterocycles. The van der Waals surface area contributed by atoms with Gasteiger partial charge in [-0.25, -0.2) is 0 Å². The standard InChI is InChI=1S/C10H22N2S/c1-13-9-3-7-12-6-2-4-10(11)5-8-12/h10H,2-9,11H2,1H3. The van der Waals surface area contributed by atoms with E-state index in [-0.39, 0.29) is 0 Å². The maximum atomic E-state index is 5.92. The highest BCUT2D eigenvalue weighted by atomic mass is 32.2. The third-order valence-electron chi connectivity index (χ3n) is 2.69. The first-order valence-electron chi connectivity index (χ1n) is 5.30. The Morgan fingerprint density at radius 1 is 1.38 bits per heavy atom. The van der Waals surface area contributed by atoms with Gasteiger partial charge in [-0.3, -0.25) is 0 Å². The van der Waals surface area contributed by atoms with Gasteiger partial charge in [-0.15, -0.1) is 0 Å². The summed E-state index contributed by atoms with van der Waals surface area (Å²) in [6.07, 6.45) is 7.22. The van der Waals surface area contributed by atoms with Gasteiger partial charge in [-0.1, -0.05) is 0 Å². The SMILES string of the molecule is CSCCCN1CCCC(N)CC1. The third kappa shape index (κ3) is 4.89. The van der Waals surface area contributed by atoms with Crippen LogP contribution in [0.1, 0.15) is 25.7 Å². The van der Waals surface area contributed by atoms with Gasteiger partial charge in [0.1, 0.15) is 0 Å². The second-order valence-electron chi connectivity index (χ2n) is 3.88. The molecule has 0 bridgehead atoms. The van der Waals surface area contributed by atoms with Crippen LogP contribution in [-0.2, 0) is 0 Å². The minimum Gasteiger partial charge on any atom is -0.328 e. The summed E-state index contributed by atoms with van der Waals surface area (Å²) in [4.78, 5) is 2.57. The Bertz CT molecular complexity index is 130. The Kier molecular flexibility index (Phi) is 5.83. The van der Waals surface area contributed by atoms with Crippen LogP contribution in [0.2, 0.25) is 0 Å². The molecule has 1 aliphatic rings. The van der Waals surface area contributed by atoms with Crippen molar-refractivity contribution in [1.29, 1.82) is 0 Å². The molecule has 2 N–H and O–H groups in total.